The molecular weight excluding hydrogens is 316 g/mol. The van der Waals surface area contributed by atoms with Crippen LogP contribution in [0.1, 0.15) is 11.1 Å². The zero-order valence-corrected chi connectivity index (χ0v) is 14.0. The molecule has 0 amide bonds. The van der Waals surface area contributed by atoms with Gasteiger partial charge >= 0.3 is 0 Å². The summed E-state index contributed by atoms with van der Waals surface area (Å²) < 4.78 is 42.6. The molecule has 2 aromatic carbocycles. The topological polar surface area (TPSA) is 39.7 Å². The highest BCUT2D eigenvalue weighted by Crippen LogP contribution is 2.34. The van der Waals surface area contributed by atoms with E-state index in [0.717, 1.165) is 11.6 Å². The predicted molar refractivity (Wildman–Crippen MR) is 87.9 cm³/mol. The molecule has 0 spiro atoms. The van der Waals surface area contributed by atoms with Crippen LogP contribution in [-0.2, 0) is 13.0 Å². The van der Waals surface area contributed by atoms with E-state index in [2.05, 4.69) is 5.32 Å². The minimum atomic E-state index is -0.837. The molecule has 2 rings (SSSR count). The average Bonchev–Trinajstić information content (AvgIpc) is 2.61. The van der Waals surface area contributed by atoms with Crippen molar-refractivity contribution in [1.29, 1.82) is 0 Å². The summed E-state index contributed by atoms with van der Waals surface area (Å²) >= 11 is 0. The Hall–Kier alpha value is -2.34. The molecule has 0 saturated carbocycles. The van der Waals surface area contributed by atoms with Gasteiger partial charge in [0, 0.05) is 18.2 Å². The summed E-state index contributed by atoms with van der Waals surface area (Å²) in [5.74, 6) is 0.244. The Bertz CT molecular complexity index is 692. The first-order valence-electron chi connectivity index (χ1n) is 7.53. The molecule has 0 atom stereocenters. The van der Waals surface area contributed by atoms with Crippen molar-refractivity contribution in [3.05, 3.63) is 53.1 Å². The second-order valence-electron chi connectivity index (χ2n) is 5.16. The van der Waals surface area contributed by atoms with Crippen LogP contribution < -0.4 is 19.5 Å². The third-order valence-electron chi connectivity index (χ3n) is 3.70. The van der Waals surface area contributed by atoms with Crippen LogP contribution in [0.15, 0.2) is 30.3 Å². The van der Waals surface area contributed by atoms with E-state index in [0.29, 0.717) is 35.8 Å². The maximum atomic E-state index is 13.6. The lowest BCUT2D eigenvalue weighted by molar-refractivity contribution is 0.347. The third kappa shape index (κ3) is 4.14. The normalized spacial score (nSPS) is 10.5. The van der Waals surface area contributed by atoms with Gasteiger partial charge in [-0.15, -0.1) is 0 Å². The van der Waals surface area contributed by atoms with E-state index in [1.54, 1.807) is 33.5 Å². The van der Waals surface area contributed by atoms with Gasteiger partial charge in [-0.2, -0.15) is 0 Å². The molecular formula is C18H21F2NO3. The number of benzene rings is 2. The molecule has 1 N–H and O–H groups in total. The van der Waals surface area contributed by atoms with Crippen molar-refractivity contribution in [3.63, 3.8) is 0 Å². The van der Waals surface area contributed by atoms with E-state index in [1.807, 2.05) is 6.07 Å². The summed E-state index contributed by atoms with van der Waals surface area (Å²) in [6.45, 7) is 0.820. The van der Waals surface area contributed by atoms with E-state index < -0.39 is 11.6 Å². The van der Waals surface area contributed by atoms with E-state index in [4.69, 9.17) is 14.2 Å². The van der Waals surface area contributed by atoms with Crippen molar-refractivity contribution < 1.29 is 23.0 Å². The van der Waals surface area contributed by atoms with Crippen LogP contribution in [0.5, 0.6) is 17.2 Å². The number of ether oxygens (including phenoxy) is 3. The van der Waals surface area contributed by atoms with Crippen LogP contribution in [0.3, 0.4) is 0 Å². The average molecular weight is 337 g/mol. The molecule has 0 aliphatic carbocycles. The molecule has 0 unspecified atom stereocenters. The summed E-state index contributed by atoms with van der Waals surface area (Å²) in [6.07, 6.45) is 0.639. The van der Waals surface area contributed by atoms with Gasteiger partial charge in [0.15, 0.2) is 23.1 Å². The molecule has 0 aliphatic heterocycles. The van der Waals surface area contributed by atoms with Crippen LogP contribution in [0, 0.1) is 11.6 Å². The van der Waals surface area contributed by atoms with E-state index in [1.165, 1.54) is 6.07 Å². The zero-order chi connectivity index (χ0) is 17.5. The Labute approximate surface area is 140 Å². The summed E-state index contributed by atoms with van der Waals surface area (Å²) in [4.78, 5) is 0. The Kier molecular flexibility index (Phi) is 6.37. The van der Waals surface area contributed by atoms with Crippen molar-refractivity contribution in [3.8, 4) is 17.2 Å². The first-order valence-corrected chi connectivity index (χ1v) is 7.53. The second kappa shape index (κ2) is 8.49. The monoisotopic (exact) mass is 337 g/mol. The minimum absolute atomic E-state index is 0.249. The molecule has 6 heteroatoms. The lowest BCUT2D eigenvalue weighted by Gasteiger charge is -2.14. The van der Waals surface area contributed by atoms with Gasteiger partial charge in [0.05, 0.1) is 21.3 Å². The van der Waals surface area contributed by atoms with Crippen LogP contribution in [0.25, 0.3) is 0 Å². The maximum absolute atomic E-state index is 13.6. The van der Waals surface area contributed by atoms with Gasteiger partial charge in [0.1, 0.15) is 5.75 Å². The Morgan fingerprint density at radius 1 is 0.875 bits per heavy atom. The number of halogens is 2. The van der Waals surface area contributed by atoms with E-state index in [-0.39, 0.29) is 6.54 Å². The third-order valence-corrected chi connectivity index (χ3v) is 3.70. The second-order valence-corrected chi connectivity index (χ2v) is 5.16. The summed E-state index contributed by atoms with van der Waals surface area (Å²) in [5, 5.41) is 3.10. The molecule has 2 aromatic rings. The molecule has 0 fully saturated rings. The van der Waals surface area contributed by atoms with Gasteiger partial charge in [-0.3, -0.25) is 0 Å². The quantitative estimate of drug-likeness (QED) is 0.750. The lowest BCUT2D eigenvalue weighted by atomic mass is 10.1. The van der Waals surface area contributed by atoms with Crippen molar-refractivity contribution >= 4 is 0 Å². The molecule has 0 aliphatic rings. The van der Waals surface area contributed by atoms with Crippen LogP contribution >= 0.6 is 0 Å². The van der Waals surface area contributed by atoms with Crippen molar-refractivity contribution in [2.45, 2.75) is 13.0 Å². The smallest absolute Gasteiger partial charge is 0.164 e. The van der Waals surface area contributed by atoms with Crippen LogP contribution in [-0.4, -0.2) is 27.9 Å². The number of rotatable bonds is 8. The fourth-order valence-electron chi connectivity index (χ4n) is 2.42. The number of hydrogen-bond donors (Lipinski definition) is 1. The summed E-state index contributed by atoms with van der Waals surface area (Å²) in [7, 11) is 4.71. The molecule has 130 valence electrons. The minimum Gasteiger partial charge on any atom is -0.496 e. The molecule has 0 heterocycles. The Balaban J connectivity index is 2.00. The van der Waals surface area contributed by atoms with Gasteiger partial charge in [-0.25, -0.2) is 8.78 Å². The summed E-state index contributed by atoms with van der Waals surface area (Å²) in [6, 6.07) is 7.77. The van der Waals surface area contributed by atoms with Crippen LogP contribution in [0.4, 0.5) is 8.78 Å². The largest absolute Gasteiger partial charge is 0.496 e. The van der Waals surface area contributed by atoms with E-state index >= 15 is 0 Å². The lowest BCUT2D eigenvalue weighted by Crippen LogP contribution is -2.18. The highest BCUT2D eigenvalue weighted by molar-refractivity contribution is 5.50. The highest BCUT2D eigenvalue weighted by atomic mass is 19.2. The predicted octanol–water partition coefficient (Wildman–Crippen LogP) is 3.32. The van der Waals surface area contributed by atoms with Crippen molar-refractivity contribution in [1.82, 2.24) is 5.32 Å². The first kappa shape index (κ1) is 18.0. The fourth-order valence-corrected chi connectivity index (χ4v) is 2.42. The number of nitrogens with one attached hydrogen (secondary N) is 1. The van der Waals surface area contributed by atoms with Gasteiger partial charge in [-0.1, -0.05) is 12.1 Å². The molecule has 24 heavy (non-hydrogen) atoms. The zero-order valence-electron chi connectivity index (χ0n) is 14.0. The summed E-state index contributed by atoms with van der Waals surface area (Å²) in [5.41, 5.74) is 1.23. The number of hydrogen-bond acceptors (Lipinski definition) is 4. The first-order chi connectivity index (χ1) is 11.6. The van der Waals surface area contributed by atoms with Crippen LogP contribution in [0.2, 0.25) is 0 Å². The molecule has 0 aromatic heterocycles. The maximum Gasteiger partial charge on any atom is 0.164 e. The van der Waals surface area contributed by atoms with Gasteiger partial charge < -0.3 is 19.5 Å². The fraction of sp³-hybridized carbons (Fsp3) is 0.333. The van der Waals surface area contributed by atoms with Crippen molar-refractivity contribution in [2.75, 3.05) is 27.9 Å². The Morgan fingerprint density at radius 3 is 2.21 bits per heavy atom. The molecule has 0 saturated heterocycles. The molecule has 0 bridgehead atoms. The molecule has 4 nitrogen and oxygen atoms in total. The SMILES string of the molecule is COc1cc(OC)c(OC)cc1CCNCc1cccc(F)c1F. The molecule has 0 radical (unpaired) electrons. The number of methoxy groups -OCH3 is 3. The van der Waals surface area contributed by atoms with Gasteiger partial charge in [-0.05, 0) is 30.7 Å². The standard InChI is InChI=1S/C18H21F2NO3/c1-22-15-10-17(24-3)16(23-2)9-12(15)7-8-21-11-13-5-4-6-14(19)18(13)20/h4-6,9-10,21H,7-8,11H2,1-3H3. The Morgan fingerprint density at radius 2 is 1.54 bits per heavy atom. The van der Waals surface area contributed by atoms with Gasteiger partial charge in [0.25, 0.3) is 0 Å². The highest BCUT2D eigenvalue weighted by Gasteiger charge is 2.12. The van der Waals surface area contributed by atoms with Crippen molar-refractivity contribution in [2.24, 2.45) is 0 Å². The van der Waals surface area contributed by atoms with Gasteiger partial charge in [0.2, 0.25) is 0 Å². The van der Waals surface area contributed by atoms with E-state index in [9.17, 15) is 8.78 Å².